The van der Waals surface area contributed by atoms with Crippen LogP contribution in [0.5, 0.6) is 0 Å². The average Bonchev–Trinajstić information content (AvgIpc) is 2.47. The maximum Gasteiger partial charge on any atom is 0.407 e. The van der Waals surface area contributed by atoms with Gasteiger partial charge in [-0.25, -0.2) is 4.79 Å². The number of hydrogen-bond acceptors (Lipinski definition) is 3. The van der Waals surface area contributed by atoms with E-state index in [0.29, 0.717) is 13.0 Å². The van der Waals surface area contributed by atoms with E-state index in [2.05, 4.69) is 29.2 Å². The molecule has 2 rings (SSSR count). The number of amides is 1. The number of likely N-dealkylation sites (tertiary alicyclic amines) is 1. The predicted molar refractivity (Wildman–Crippen MR) is 95.1 cm³/mol. The fraction of sp³-hybridized carbons (Fsp3) is 0.632. The number of carboxylic acid groups (broad SMARTS) is 1. The number of carbonyl (C=O) groups is 1. The van der Waals surface area contributed by atoms with Gasteiger partial charge in [-0.1, -0.05) is 24.3 Å². The highest BCUT2D eigenvalue weighted by atomic mass is 16.4. The number of rotatable bonds is 5. The first-order chi connectivity index (χ1) is 11.3. The number of aliphatic hydroxyl groups excluding tert-OH is 1. The van der Waals surface area contributed by atoms with E-state index in [0.717, 1.165) is 38.0 Å². The normalized spacial score (nSPS) is 19.2. The highest BCUT2D eigenvalue weighted by Crippen LogP contribution is 2.17. The molecule has 0 spiro atoms. The summed E-state index contributed by atoms with van der Waals surface area (Å²) in [5, 5.41) is 19.1. The first-order valence-electron chi connectivity index (χ1n) is 8.74. The van der Waals surface area contributed by atoms with E-state index in [4.69, 9.17) is 0 Å². The van der Waals surface area contributed by atoms with Crippen molar-refractivity contribution in [2.45, 2.75) is 58.2 Å². The van der Waals surface area contributed by atoms with Gasteiger partial charge in [0.25, 0.3) is 0 Å². The molecule has 1 unspecified atom stereocenters. The van der Waals surface area contributed by atoms with Gasteiger partial charge in [-0.05, 0) is 57.7 Å². The Balaban J connectivity index is 1.88. The summed E-state index contributed by atoms with van der Waals surface area (Å²) < 4.78 is 0. The number of hydrogen-bond donors (Lipinski definition) is 2. The summed E-state index contributed by atoms with van der Waals surface area (Å²) in [7, 11) is 0. The third-order valence-electron chi connectivity index (χ3n) is 4.57. The first kappa shape index (κ1) is 18.7. The molecule has 1 saturated heterocycles. The van der Waals surface area contributed by atoms with Crippen LogP contribution in [0, 0.1) is 0 Å². The van der Waals surface area contributed by atoms with Crippen LogP contribution in [0.15, 0.2) is 24.3 Å². The number of nitrogens with zero attached hydrogens (tertiary/aromatic N) is 2. The van der Waals surface area contributed by atoms with Crippen molar-refractivity contribution in [3.63, 3.8) is 0 Å². The van der Waals surface area contributed by atoms with Gasteiger partial charge in [-0.2, -0.15) is 0 Å². The van der Waals surface area contributed by atoms with Gasteiger partial charge in [0, 0.05) is 25.2 Å². The lowest BCUT2D eigenvalue weighted by Crippen LogP contribution is -2.45. The zero-order valence-electron chi connectivity index (χ0n) is 15.0. The number of aliphatic hydroxyl groups is 1. The maximum absolute atomic E-state index is 11.4. The van der Waals surface area contributed by atoms with E-state index in [9.17, 15) is 15.0 Å². The number of benzene rings is 1. The van der Waals surface area contributed by atoms with E-state index in [-0.39, 0.29) is 11.6 Å². The molecule has 2 N–H and O–H groups in total. The Hall–Kier alpha value is -1.59. The van der Waals surface area contributed by atoms with Gasteiger partial charge in [0.1, 0.15) is 0 Å². The minimum atomic E-state index is -0.872. The Morgan fingerprint density at radius 2 is 1.88 bits per heavy atom. The minimum absolute atomic E-state index is 0.197. The molecule has 0 radical (unpaired) electrons. The average molecular weight is 334 g/mol. The molecule has 134 valence electrons. The van der Waals surface area contributed by atoms with Gasteiger partial charge in [0.05, 0.1) is 6.10 Å². The maximum atomic E-state index is 11.4. The largest absolute Gasteiger partial charge is 0.465 e. The molecule has 1 aliphatic rings. The molecule has 1 atom stereocenters. The van der Waals surface area contributed by atoms with Crippen molar-refractivity contribution in [3.05, 3.63) is 35.4 Å². The Morgan fingerprint density at radius 1 is 1.25 bits per heavy atom. The molecule has 0 aliphatic carbocycles. The molecule has 0 aromatic heterocycles. The fourth-order valence-corrected chi connectivity index (χ4v) is 3.20. The summed E-state index contributed by atoms with van der Waals surface area (Å²) in [6.07, 6.45) is 1.60. The zero-order chi connectivity index (χ0) is 17.7. The second-order valence-corrected chi connectivity index (χ2v) is 7.70. The highest BCUT2D eigenvalue weighted by molar-refractivity contribution is 5.66. The summed E-state index contributed by atoms with van der Waals surface area (Å²) >= 11 is 0. The lowest BCUT2D eigenvalue weighted by molar-refractivity contribution is 0.0668. The van der Waals surface area contributed by atoms with Crippen molar-refractivity contribution in [1.82, 2.24) is 9.80 Å². The van der Waals surface area contributed by atoms with E-state index < -0.39 is 6.09 Å². The monoisotopic (exact) mass is 334 g/mol. The van der Waals surface area contributed by atoms with Crippen molar-refractivity contribution >= 4 is 6.09 Å². The third kappa shape index (κ3) is 5.49. The summed E-state index contributed by atoms with van der Waals surface area (Å²) in [6, 6.07) is 8.38. The molecular formula is C19H30N2O3. The van der Waals surface area contributed by atoms with E-state index >= 15 is 0 Å². The van der Waals surface area contributed by atoms with Crippen LogP contribution in [0.25, 0.3) is 0 Å². The van der Waals surface area contributed by atoms with E-state index in [1.807, 2.05) is 20.8 Å². The lowest BCUT2D eigenvalue weighted by atomic mass is 10.0. The minimum Gasteiger partial charge on any atom is -0.465 e. The van der Waals surface area contributed by atoms with Crippen molar-refractivity contribution in [2.24, 2.45) is 0 Å². The smallest absolute Gasteiger partial charge is 0.407 e. The van der Waals surface area contributed by atoms with Gasteiger partial charge in [0.15, 0.2) is 0 Å². The van der Waals surface area contributed by atoms with Crippen LogP contribution in [0.2, 0.25) is 0 Å². The molecule has 1 aliphatic heterocycles. The van der Waals surface area contributed by atoms with Crippen molar-refractivity contribution in [3.8, 4) is 0 Å². The van der Waals surface area contributed by atoms with Crippen LogP contribution in [0.4, 0.5) is 4.79 Å². The van der Waals surface area contributed by atoms with Gasteiger partial charge >= 0.3 is 6.09 Å². The van der Waals surface area contributed by atoms with Crippen LogP contribution >= 0.6 is 0 Å². The number of β-amino-alcohol motifs (C(OH)–C–C–N with tert-alkyl or cyclic N) is 1. The SMILES string of the molecule is CC(C)(C)N(CCc1ccc(CN2CCCC(O)C2)cc1)C(=O)O. The van der Waals surface area contributed by atoms with E-state index in [1.165, 1.54) is 10.5 Å². The summed E-state index contributed by atoms with van der Waals surface area (Å²) in [6.45, 7) is 8.89. The quantitative estimate of drug-likeness (QED) is 0.869. The first-order valence-corrected chi connectivity index (χ1v) is 8.74. The van der Waals surface area contributed by atoms with Crippen LogP contribution < -0.4 is 0 Å². The molecule has 1 heterocycles. The van der Waals surface area contributed by atoms with Crippen LogP contribution in [0.3, 0.4) is 0 Å². The molecule has 24 heavy (non-hydrogen) atoms. The van der Waals surface area contributed by atoms with Gasteiger partial charge in [0.2, 0.25) is 0 Å². The molecule has 5 nitrogen and oxygen atoms in total. The molecule has 1 aromatic carbocycles. The molecule has 1 aromatic rings. The molecule has 5 heteroatoms. The Kier molecular flexibility index (Phi) is 6.24. The van der Waals surface area contributed by atoms with E-state index in [1.54, 1.807) is 0 Å². The molecule has 0 saturated carbocycles. The predicted octanol–water partition coefficient (Wildman–Crippen LogP) is 2.96. The van der Waals surface area contributed by atoms with Crippen molar-refractivity contribution in [1.29, 1.82) is 0 Å². The van der Waals surface area contributed by atoms with Crippen LogP contribution in [0.1, 0.15) is 44.7 Å². The summed E-state index contributed by atoms with van der Waals surface area (Å²) in [4.78, 5) is 15.1. The Labute approximate surface area is 144 Å². The topological polar surface area (TPSA) is 64.0 Å². The van der Waals surface area contributed by atoms with Gasteiger partial charge < -0.3 is 15.1 Å². The molecule has 0 bridgehead atoms. The van der Waals surface area contributed by atoms with Gasteiger partial charge in [-0.15, -0.1) is 0 Å². The second-order valence-electron chi connectivity index (χ2n) is 7.70. The van der Waals surface area contributed by atoms with Gasteiger partial charge in [-0.3, -0.25) is 4.90 Å². The zero-order valence-corrected chi connectivity index (χ0v) is 15.0. The number of piperidine rings is 1. The van der Waals surface area contributed by atoms with Crippen LogP contribution in [-0.4, -0.2) is 57.4 Å². The molecule has 1 amide bonds. The standard InChI is InChI=1S/C19H30N2O3/c1-19(2,3)21(18(23)24)12-10-15-6-8-16(9-7-15)13-20-11-4-5-17(22)14-20/h6-9,17,22H,4-5,10-14H2,1-3H3,(H,23,24). The lowest BCUT2D eigenvalue weighted by Gasteiger charge is -2.33. The second kappa shape index (κ2) is 7.99. The summed E-state index contributed by atoms with van der Waals surface area (Å²) in [5.74, 6) is 0. The molecular weight excluding hydrogens is 304 g/mol. The third-order valence-corrected chi connectivity index (χ3v) is 4.57. The fourth-order valence-electron chi connectivity index (χ4n) is 3.20. The van der Waals surface area contributed by atoms with Crippen molar-refractivity contribution in [2.75, 3.05) is 19.6 Å². The highest BCUT2D eigenvalue weighted by Gasteiger charge is 2.25. The Morgan fingerprint density at radius 3 is 2.42 bits per heavy atom. The Bertz CT molecular complexity index is 537. The van der Waals surface area contributed by atoms with Crippen molar-refractivity contribution < 1.29 is 15.0 Å². The molecule has 1 fully saturated rings. The summed E-state index contributed by atoms with van der Waals surface area (Å²) in [5.41, 5.74) is 1.99. The van der Waals surface area contributed by atoms with Crippen LogP contribution in [-0.2, 0) is 13.0 Å².